The van der Waals surface area contributed by atoms with E-state index >= 15 is 0 Å². The SMILES string of the molecule is CCNC(=O)Nc1nc(N2CCCCC2)c2nc(C(N)=S)n(C)c2n1. The maximum absolute atomic E-state index is 11.9. The number of thiocarbonyl (C=S) groups is 1. The molecule has 0 atom stereocenters. The molecule has 3 heterocycles. The molecule has 134 valence electrons. The quantitative estimate of drug-likeness (QED) is 0.699. The Morgan fingerprint density at radius 1 is 1.24 bits per heavy atom. The predicted octanol–water partition coefficient (Wildman–Crippen LogP) is 1.13. The number of carbonyl (C=O) groups excluding carboxylic acids is 1. The zero-order valence-electron chi connectivity index (χ0n) is 14.4. The van der Waals surface area contributed by atoms with Crippen molar-refractivity contribution < 1.29 is 4.79 Å². The Labute approximate surface area is 151 Å². The molecule has 0 unspecified atom stereocenters. The molecule has 2 aromatic rings. The summed E-state index contributed by atoms with van der Waals surface area (Å²) in [5.41, 5.74) is 7.01. The summed E-state index contributed by atoms with van der Waals surface area (Å²) in [6.45, 7) is 4.15. The van der Waals surface area contributed by atoms with Crippen LogP contribution in [0.5, 0.6) is 0 Å². The van der Waals surface area contributed by atoms with Gasteiger partial charge in [-0.25, -0.2) is 9.78 Å². The number of piperidine rings is 1. The largest absolute Gasteiger partial charge is 0.387 e. The average molecular weight is 362 g/mol. The highest BCUT2D eigenvalue weighted by Crippen LogP contribution is 2.27. The molecule has 0 saturated carbocycles. The monoisotopic (exact) mass is 362 g/mol. The van der Waals surface area contributed by atoms with Gasteiger partial charge in [-0.05, 0) is 26.2 Å². The maximum Gasteiger partial charge on any atom is 0.321 e. The van der Waals surface area contributed by atoms with Gasteiger partial charge in [0.25, 0.3) is 0 Å². The number of urea groups is 1. The van der Waals surface area contributed by atoms with Gasteiger partial charge < -0.3 is 20.5 Å². The Morgan fingerprint density at radius 3 is 2.60 bits per heavy atom. The number of fused-ring (bicyclic) bond motifs is 1. The lowest BCUT2D eigenvalue weighted by Crippen LogP contribution is -2.32. The van der Waals surface area contributed by atoms with Crippen LogP contribution in [0, 0.1) is 0 Å². The van der Waals surface area contributed by atoms with Crippen molar-refractivity contribution in [1.82, 2.24) is 24.8 Å². The first-order valence-electron chi connectivity index (χ1n) is 8.35. The molecule has 10 heteroatoms. The number of aromatic nitrogens is 4. The minimum atomic E-state index is -0.344. The van der Waals surface area contributed by atoms with E-state index in [1.165, 1.54) is 6.42 Å². The van der Waals surface area contributed by atoms with Crippen molar-refractivity contribution in [2.75, 3.05) is 29.9 Å². The number of rotatable bonds is 4. The summed E-state index contributed by atoms with van der Waals surface area (Å²) in [4.78, 5) is 27.7. The van der Waals surface area contributed by atoms with E-state index < -0.39 is 0 Å². The number of carbonyl (C=O) groups is 1. The number of imidazole rings is 1. The van der Waals surface area contributed by atoms with Crippen LogP contribution in [0.15, 0.2) is 0 Å². The van der Waals surface area contributed by atoms with Crippen LogP contribution < -0.4 is 21.3 Å². The second-order valence-corrected chi connectivity index (χ2v) is 6.37. The Hall–Kier alpha value is -2.49. The second kappa shape index (κ2) is 7.18. The fourth-order valence-electron chi connectivity index (χ4n) is 2.96. The van der Waals surface area contributed by atoms with Crippen LogP contribution >= 0.6 is 12.2 Å². The summed E-state index contributed by atoms with van der Waals surface area (Å²) in [5, 5.41) is 5.35. The molecule has 0 spiro atoms. The van der Waals surface area contributed by atoms with Crippen molar-refractivity contribution in [3.05, 3.63) is 5.82 Å². The maximum atomic E-state index is 11.9. The van der Waals surface area contributed by atoms with Crippen LogP contribution in [0.3, 0.4) is 0 Å². The molecule has 2 amide bonds. The zero-order chi connectivity index (χ0) is 18.0. The molecule has 0 radical (unpaired) electrons. The van der Waals surface area contributed by atoms with Gasteiger partial charge in [-0.2, -0.15) is 9.97 Å². The molecule has 0 aliphatic carbocycles. The van der Waals surface area contributed by atoms with Gasteiger partial charge in [0.2, 0.25) is 5.95 Å². The molecule has 9 nitrogen and oxygen atoms in total. The smallest absolute Gasteiger partial charge is 0.321 e. The number of aryl methyl sites for hydroxylation is 1. The number of anilines is 2. The number of nitrogens with zero attached hydrogens (tertiary/aromatic N) is 5. The minimum absolute atomic E-state index is 0.198. The number of hydrogen-bond donors (Lipinski definition) is 3. The lowest BCUT2D eigenvalue weighted by Gasteiger charge is -2.27. The van der Waals surface area contributed by atoms with Gasteiger partial charge in [-0.15, -0.1) is 0 Å². The van der Waals surface area contributed by atoms with Gasteiger partial charge in [-0.3, -0.25) is 5.32 Å². The molecule has 1 aliphatic heterocycles. The van der Waals surface area contributed by atoms with Crippen LogP contribution in [-0.2, 0) is 7.05 Å². The van der Waals surface area contributed by atoms with Gasteiger partial charge in [0, 0.05) is 26.7 Å². The highest BCUT2D eigenvalue weighted by Gasteiger charge is 2.22. The van der Waals surface area contributed by atoms with Gasteiger partial charge in [0.05, 0.1) is 0 Å². The third-order valence-corrected chi connectivity index (χ3v) is 4.32. The number of amides is 2. The van der Waals surface area contributed by atoms with E-state index in [0.717, 1.165) is 25.9 Å². The van der Waals surface area contributed by atoms with E-state index in [2.05, 4.69) is 30.5 Å². The molecular formula is C15H22N8OS. The molecule has 4 N–H and O–H groups in total. The Kier molecular flexibility index (Phi) is 4.98. The summed E-state index contributed by atoms with van der Waals surface area (Å²) in [5.74, 6) is 1.42. The lowest BCUT2D eigenvalue weighted by atomic mass is 10.1. The van der Waals surface area contributed by atoms with E-state index in [9.17, 15) is 4.79 Å². The highest BCUT2D eigenvalue weighted by molar-refractivity contribution is 7.80. The molecule has 1 aliphatic rings. The number of nitrogens with two attached hydrogens (primary N) is 1. The van der Waals surface area contributed by atoms with Crippen molar-refractivity contribution in [2.45, 2.75) is 26.2 Å². The standard InChI is InChI=1S/C15H22N8OS/c1-3-17-15(24)21-14-19-11-9(18-13(10(16)25)22(11)2)12(20-14)23-7-5-4-6-8-23/h3-8H2,1-2H3,(H2,16,25)(H2,17,19,20,21,24). The summed E-state index contributed by atoms with van der Waals surface area (Å²) in [7, 11) is 1.80. The van der Waals surface area contributed by atoms with E-state index in [1.807, 2.05) is 6.92 Å². The van der Waals surface area contributed by atoms with Gasteiger partial charge in [-0.1, -0.05) is 12.2 Å². The summed E-state index contributed by atoms with van der Waals surface area (Å²) in [6.07, 6.45) is 3.40. The van der Waals surface area contributed by atoms with Crippen molar-refractivity contribution in [3.8, 4) is 0 Å². The van der Waals surface area contributed by atoms with Gasteiger partial charge in [0.15, 0.2) is 22.8 Å². The van der Waals surface area contributed by atoms with Crippen molar-refractivity contribution in [3.63, 3.8) is 0 Å². The fraction of sp³-hybridized carbons (Fsp3) is 0.533. The van der Waals surface area contributed by atoms with Gasteiger partial charge >= 0.3 is 6.03 Å². The number of nitrogens with one attached hydrogen (secondary N) is 2. The molecule has 1 fully saturated rings. The molecule has 3 rings (SSSR count). The fourth-order valence-corrected chi connectivity index (χ4v) is 3.14. The number of hydrogen-bond acceptors (Lipinski definition) is 6. The first kappa shape index (κ1) is 17.3. The van der Waals surface area contributed by atoms with Crippen molar-refractivity contribution in [1.29, 1.82) is 0 Å². The molecular weight excluding hydrogens is 340 g/mol. The molecule has 25 heavy (non-hydrogen) atoms. The minimum Gasteiger partial charge on any atom is -0.387 e. The van der Waals surface area contributed by atoms with E-state index in [4.69, 9.17) is 18.0 Å². The zero-order valence-corrected chi connectivity index (χ0v) is 15.2. The van der Waals surface area contributed by atoms with Crippen LogP contribution in [0.1, 0.15) is 32.0 Å². The van der Waals surface area contributed by atoms with Crippen molar-refractivity contribution >= 4 is 46.2 Å². The van der Waals surface area contributed by atoms with Crippen molar-refractivity contribution in [2.24, 2.45) is 12.8 Å². The molecule has 2 aromatic heterocycles. The molecule has 1 saturated heterocycles. The topological polar surface area (TPSA) is 114 Å². The average Bonchev–Trinajstić information content (AvgIpc) is 2.92. The highest BCUT2D eigenvalue weighted by atomic mass is 32.1. The predicted molar refractivity (Wildman–Crippen MR) is 101 cm³/mol. The van der Waals surface area contributed by atoms with E-state index in [0.29, 0.717) is 29.4 Å². The normalized spacial score (nSPS) is 14.6. The Balaban J connectivity index is 2.10. The van der Waals surface area contributed by atoms with E-state index in [1.54, 1.807) is 11.6 Å². The summed E-state index contributed by atoms with van der Waals surface area (Å²) < 4.78 is 1.73. The second-order valence-electron chi connectivity index (χ2n) is 5.93. The van der Waals surface area contributed by atoms with E-state index in [-0.39, 0.29) is 17.0 Å². The summed E-state index contributed by atoms with van der Waals surface area (Å²) >= 11 is 5.08. The van der Waals surface area contributed by atoms with Gasteiger partial charge in [0.1, 0.15) is 4.99 Å². The van der Waals surface area contributed by atoms with Crippen LogP contribution in [-0.4, -0.2) is 50.2 Å². The van der Waals surface area contributed by atoms with Crippen LogP contribution in [0.25, 0.3) is 11.2 Å². The first-order valence-corrected chi connectivity index (χ1v) is 8.76. The lowest BCUT2D eigenvalue weighted by molar-refractivity contribution is 0.252. The Bertz CT molecular complexity index is 811. The molecule has 0 bridgehead atoms. The third-order valence-electron chi connectivity index (χ3n) is 4.14. The summed E-state index contributed by atoms with van der Waals surface area (Å²) in [6, 6.07) is -0.344. The first-order chi connectivity index (χ1) is 12.0. The van der Waals surface area contributed by atoms with Crippen LogP contribution in [0.2, 0.25) is 0 Å². The molecule has 0 aromatic carbocycles. The third kappa shape index (κ3) is 3.48. The van der Waals surface area contributed by atoms with Crippen LogP contribution in [0.4, 0.5) is 16.6 Å². The Morgan fingerprint density at radius 2 is 1.96 bits per heavy atom.